The van der Waals surface area contributed by atoms with Crippen molar-refractivity contribution >= 4 is 23.6 Å². The smallest absolute Gasteiger partial charge is 0.316 e. The van der Waals surface area contributed by atoms with Crippen LogP contribution in [0, 0.1) is 13.8 Å². The van der Waals surface area contributed by atoms with Gasteiger partial charge in [-0.2, -0.15) is 0 Å². The van der Waals surface area contributed by atoms with Gasteiger partial charge in [0, 0.05) is 16.5 Å². The van der Waals surface area contributed by atoms with Crippen molar-refractivity contribution < 1.29 is 19.2 Å². The summed E-state index contributed by atoms with van der Waals surface area (Å²) in [7, 11) is 0. The quantitative estimate of drug-likeness (QED) is 0.735. The van der Waals surface area contributed by atoms with Crippen LogP contribution in [0.5, 0.6) is 0 Å². The molecule has 0 saturated heterocycles. The third-order valence-electron chi connectivity index (χ3n) is 3.85. The topological polar surface area (TPSA) is 92.4 Å². The number of carbonyl (C=O) groups excluding carboxylic acids is 1. The van der Waals surface area contributed by atoms with E-state index < -0.39 is 11.2 Å². The number of carboxylic acid groups (broad SMARTS) is 1. The standard InChI is InChI=1S/C18H22N2O4S/c1-10(9-15-11(2)20-24-12(15)3)19-17(21)14-7-5-6-8-16(14)25-13(4)18(22)23/h5-8,10,13H,9H2,1-4H3,(H,19,21)(H,22,23). The number of aryl methyl sites for hydroxylation is 2. The predicted molar refractivity (Wildman–Crippen MR) is 96.0 cm³/mol. The van der Waals surface area contributed by atoms with Crippen molar-refractivity contribution in [2.75, 3.05) is 0 Å². The lowest BCUT2D eigenvalue weighted by molar-refractivity contribution is -0.136. The van der Waals surface area contributed by atoms with Gasteiger partial charge in [0.25, 0.3) is 5.91 Å². The Balaban J connectivity index is 2.09. The van der Waals surface area contributed by atoms with E-state index in [1.807, 2.05) is 20.8 Å². The second-order valence-electron chi connectivity index (χ2n) is 5.98. The molecule has 0 spiro atoms. The Morgan fingerprint density at radius 1 is 1.28 bits per heavy atom. The normalized spacial score (nSPS) is 13.3. The molecule has 0 saturated carbocycles. The number of carboxylic acids is 1. The van der Waals surface area contributed by atoms with E-state index in [1.54, 1.807) is 31.2 Å². The molecule has 0 aliphatic rings. The fourth-order valence-electron chi connectivity index (χ4n) is 2.45. The molecule has 2 aromatic rings. The van der Waals surface area contributed by atoms with Crippen LogP contribution in [0.15, 0.2) is 33.7 Å². The first-order valence-corrected chi connectivity index (χ1v) is 8.88. The van der Waals surface area contributed by atoms with Gasteiger partial charge >= 0.3 is 5.97 Å². The molecule has 1 heterocycles. The number of nitrogens with zero attached hydrogens (tertiary/aromatic N) is 1. The SMILES string of the molecule is Cc1noc(C)c1CC(C)NC(=O)c1ccccc1SC(C)C(=O)O. The van der Waals surface area contributed by atoms with E-state index in [1.165, 1.54) is 0 Å². The van der Waals surface area contributed by atoms with Gasteiger partial charge in [-0.15, -0.1) is 11.8 Å². The van der Waals surface area contributed by atoms with E-state index in [4.69, 9.17) is 9.63 Å². The van der Waals surface area contributed by atoms with E-state index in [9.17, 15) is 9.59 Å². The van der Waals surface area contributed by atoms with Crippen LogP contribution in [-0.4, -0.2) is 33.4 Å². The molecule has 0 bridgehead atoms. The van der Waals surface area contributed by atoms with Gasteiger partial charge in [0.15, 0.2) is 0 Å². The molecular weight excluding hydrogens is 340 g/mol. The van der Waals surface area contributed by atoms with Gasteiger partial charge in [-0.3, -0.25) is 9.59 Å². The fourth-order valence-corrected chi connectivity index (χ4v) is 3.38. The van der Waals surface area contributed by atoms with Gasteiger partial charge in [0.05, 0.1) is 11.3 Å². The highest BCUT2D eigenvalue weighted by molar-refractivity contribution is 8.00. The van der Waals surface area contributed by atoms with E-state index in [0.29, 0.717) is 16.9 Å². The summed E-state index contributed by atoms with van der Waals surface area (Å²) in [5.74, 6) is -0.378. The zero-order chi connectivity index (χ0) is 18.6. The van der Waals surface area contributed by atoms with E-state index in [0.717, 1.165) is 28.8 Å². The Kier molecular flexibility index (Phi) is 6.25. The molecule has 0 aliphatic carbocycles. The zero-order valence-corrected chi connectivity index (χ0v) is 15.5. The van der Waals surface area contributed by atoms with Crippen molar-refractivity contribution in [2.24, 2.45) is 0 Å². The van der Waals surface area contributed by atoms with Crippen LogP contribution in [0.1, 0.15) is 41.2 Å². The highest BCUT2D eigenvalue weighted by Gasteiger charge is 2.20. The number of hydrogen-bond acceptors (Lipinski definition) is 5. The molecule has 134 valence electrons. The molecule has 6 nitrogen and oxygen atoms in total. The van der Waals surface area contributed by atoms with Crippen molar-refractivity contribution in [1.82, 2.24) is 10.5 Å². The van der Waals surface area contributed by atoms with Gasteiger partial charge in [-0.1, -0.05) is 17.3 Å². The van der Waals surface area contributed by atoms with E-state index in [2.05, 4.69) is 10.5 Å². The van der Waals surface area contributed by atoms with Gasteiger partial charge in [-0.05, 0) is 46.2 Å². The first-order chi connectivity index (χ1) is 11.8. The van der Waals surface area contributed by atoms with Gasteiger partial charge in [0.2, 0.25) is 0 Å². The zero-order valence-electron chi connectivity index (χ0n) is 14.7. The van der Waals surface area contributed by atoms with Crippen LogP contribution < -0.4 is 5.32 Å². The molecule has 2 atom stereocenters. The van der Waals surface area contributed by atoms with Crippen molar-refractivity contribution in [3.05, 3.63) is 46.8 Å². The molecule has 25 heavy (non-hydrogen) atoms. The minimum atomic E-state index is -0.910. The van der Waals surface area contributed by atoms with Gasteiger partial charge in [-0.25, -0.2) is 0 Å². The summed E-state index contributed by atoms with van der Waals surface area (Å²) in [6.07, 6.45) is 0.619. The summed E-state index contributed by atoms with van der Waals surface area (Å²) in [5, 5.41) is 15.3. The number of nitrogens with one attached hydrogen (secondary N) is 1. The first kappa shape index (κ1) is 19.1. The Morgan fingerprint density at radius 2 is 1.96 bits per heavy atom. The van der Waals surface area contributed by atoms with Crippen LogP contribution in [-0.2, 0) is 11.2 Å². The maximum atomic E-state index is 12.6. The number of aliphatic carboxylic acids is 1. The molecule has 1 aromatic heterocycles. The number of hydrogen-bond donors (Lipinski definition) is 2. The second-order valence-corrected chi connectivity index (χ2v) is 7.36. The van der Waals surface area contributed by atoms with Crippen LogP contribution >= 0.6 is 11.8 Å². The first-order valence-electron chi connectivity index (χ1n) is 8.00. The summed E-state index contributed by atoms with van der Waals surface area (Å²) in [6, 6.07) is 6.91. The Bertz CT molecular complexity index is 753. The molecular formula is C18H22N2O4S. The number of benzene rings is 1. The van der Waals surface area contributed by atoms with Crippen molar-refractivity contribution in [1.29, 1.82) is 0 Å². The van der Waals surface area contributed by atoms with Crippen LogP contribution in [0.4, 0.5) is 0 Å². The lowest BCUT2D eigenvalue weighted by atomic mass is 10.1. The molecule has 2 N–H and O–H groups in total. The maximum absolute atomic E-state index is 12.6. The van der Waals surface area contributed by atoms with Gasteiger partial charge in [0.1, 0.15) is 11.0 Å². The average molecular weight is 362 g/mol. The fraction of sp³-hybridized carbons (Fsp3) is 0.389. The lowest BCUT2D eigenvalue weighted by Crippen LogP contribution is -2.34. The molecule has 0 aliphatic heterocycles. The number of amides is 1. The van der Waals surface area contributed by atoms with E-state index >= 15 is 0 Å². The van der Waals surface area contributed by atoms with Gasteiger partial charge < -0.3 is 14.9 Å². The molecule has 2 unspecified atom stereocenters. The molecule has 0 fully saturated rings. The second kappa shape index (κ2) is 8.20. The number of aromatic nitrogens is 1. The van der Waals surface area contributed by atoms with Crippen molar-refractivity contribution in [2.45, 2.75) is 50.3 Å². The molecule has 1 amide bonds. The summed E-state index contributed by atoms with van der Waals surface area (Å²) >= 11 is 1.16. The number of rotatable bonds is 7. The summed E-state index contributed by atoms with van der Waals surface area (Å²) < 4.78 is 5.15. The monoisotopic (exact) mass is 362 g/mol. The van der Waals surface area contributed by atoms with Crippen LogP contribution in [0.3, 0.4) is 0 Å². The third-order valence-corrected chi connectivity index (χ3v) is 5.02. The van der Waals surface area contributed by atoms with Crippen molar-refractivity contribution in [3.63, 3.8) is 0 Å². The van der Waals surface area contributed by atoms with Crippen LogP contribution in [0.2, 0.25) is 0 Å². The molecule has 1 aromatic carbocycles. The van der Waals surface area contributed by atoms with E-state index in [-0.39, 0.29) is 11.9 Å². The molecule has 7 heteroatoms. The minimum Gasteiger partial charge on any atom is -0.480 e. The average Bonchev–Trinajstić information content (AvgIpc) is 2.87. The molecule has 2 rings (SSSR count). The Hall–Kier alpha value is -2.28. The lowest BCUT2D eigenvalue weighted by Gasteiger charge is -2.16. The van der Waals surface area contributed by atoms with Crippen LogP contribution in [0.25, 0.3) is 0 Å². The molecule has 0 radical (unpaired) electrons. The summed E-state index contributed by atoms with van der Waals surface area (Å²) in [4.78, 5) is 24.3. The highest BCUT2D eigenvalue weighted by atomic mass is 32.2. The predicted octanol–water partition coefficient (Wildman–Crippen LogP) is 3.22. The highest BCUT2D eigenvalue weighted by Crippen LogP contribution is 2.27. The Morgan fingerprint density at radius 3 is 2.56 bits per heavy atom. The maximum Gasteiger partial charge on any atom is 0.316 e. The summed E-state index contributed by atoms with van der Waals surface area (Å²) in [6.45, 7) is 7.24. The number of thioether (sulfide) groups is 1. The Labute approximate surface area is 151 Å². The minimum absolute atomic E-state index is 0.112. The third kappa shape index (κ3) is 4.85. The summed E-state index contributed by atoms with van der Waals surface area (Å²) in [5.41, 5.74) is 2.30. The number of carbonyl (C=O) groups is 2. The largest absolute Gasteiger partial charge is 0.480 e. The van der Waals surface area contributed by atoms with Crippen molar-refractivity contribution in [3.8, 4) is 0 Å².